The maximum Gasteiger partial charge on any atom is 0.203 e. The Morgan fingerprint density at radius 1 is 0.879 bits per heavy atom. The molecule has 1 saturated heterocycles. The number of piperidine rings is 1. The van der Waals surface area contributed by atoms with Crippen LogP contribution in [-0.2, 0) is 6.54 Å². The lowest BCUT2D eigenvalue weighted by Crippen LogP contribution is -2.38. The first-order valence-electron chi connectivity index (χ1n) is 11.1. The molecule has 33 heavy (non-hydrogen) atoms. The number of nitrogens with zero attached hydrogens (tertiary/aromatic N) is 3. The standard InChI is InChI=1S/C25H31N5O3/c1-31-21-13-20(14-22(32-2)25(21)33-3)29-24-15-23(26-17-27-24)28-19-9-11-30(12-10-19)16-18-7-5-4-6-8-18/h4-8,13-15,17,19H,9-12,16H2,1-3H3,(H2,26,27,28,29). The molecule has 2 aromatic carbocycles. The van der Waals surface area contributed by atoms with Gasteiger partial charge in [0.2, 0.25) is 5.75 Å². The molecule has 0 amide bonds. The van der Waals surface area contributed by atoms with Crippen LogP contribution in [0.3, 0.4) is 0 Å². The van der Waals surface area contributed by atoms with Crippen LogP contribution in [0.15, 0.2) is 54.9 Å². The van der Waals surface area contributed by atoms with Crippen LogP contribution >= 0.6 is 0 Å². The quantitative estimate of drug-likeness (QED) is 0.500. The molecule has 1 aliphatic heterocycles. The third-order valence-electron chi connectivity index (χ3n) is 5.79. The number of methoxy groups -OCH3 is 3. The number of likely N-dealkylation sites (tertiary alicyclic amines) is 1. The van der Waals surface area contributed by atoms with Crippen molar-refractivity contribution < 1.29 is 14.2 Å². The van der Waals surface area contributed by atoms with Gasteiger partial charge in [-0.1, -0.05) is 30.3 Å². The summed E-state index contributed by atoms with van der Waals surface area (Å²) in [5.41, 5.74) is 2.14. The van der Waals surface area contributed by atoms with Gasteiger partial charge in [-0.05, 0) is 18.4 Å². The van der Waals surface area contributed by atoms with Crippen LogP contribution in [0, 0.1) is 0 Å². The summed E-state index contributed by atoms with van der Waals surface area (Å²) >= 11 is 0. The summed E-state index contributed by atoms with van der Waals surface area (Å²) in [5, 5.41) is 6.87. The number of aromatic nitrogens is 2. The number of benzene rings is 2. The smallest absolute Gasteiger partial charge is 0.203 e. The average molecular weight is 450 g/mol. The molecule has 0 aliphatic carbocycles. The van der Waals surface area contributed by atoms with Crippen LogP contribution in [0.2, 0.25) is 0 Å². The van der Waals surface area contributed by atoms with Crippen LogP contribution in [0.4, 0.5) is 17.3 Å². The molecule has 3 aromatic rings. The molecule has 0 radical (unpaired) electrons. The molecule has 2 heterocycles. The van der Waals surface area contributed by atoms with Crippen molar-refractivity contribution in [3.05, 3.63) is 60.4 Å². The fraction of sp³-hybridized carbons (Fsp3) is 0.360. The van der Waals surface area contributed by atoms with E-state index in [1.54, 1.807) is 27.7 Å². The SMILES string of the molecule is COc1cc(Nc2cc(NC3CCN(Cc4ccccc4)CC3)ncn2)cc(OC)c1OC. The highest BCUT2D eigenvalue weighted by molar-refractivity contribution is 5.67. The zero-order valence-electron chi connectivity index (χ0n) is 19.4. The number of rotatable bonds is 9. The number of anilines is 3. The van der Waals surface area contributed by atoms with E-state index in [1.165, 1.54) is 5.56 Å². The molecule has 174 valence electrons. The average Bonchev–Trinajstić information content (AvgIpc) is 2.85. The summed E-state index contributed by atoms with van der Waals surface area (Å²) in [5.74, 6) is 3.20. The lowest BCUT2D eigenvalue weighted by Gasteiger charge is -2.32. The fourth-order valence-corrected chi connectivity index (χ4v) is 4.09. The summed E-state index contributed by atoms with van der Waals surface area (Å²) in [7, 11) is 4.78. The Labute approximate surface area is 194 Å². The summed E-state index contributed by atoms with van der Waals surface area (Å²) in [4.78, 5) is 11.3. The molecule has 0 atom stereocenters. The van der Waals surface area contributed by atoms with E-state index in [4.69, 9.17) is 14.2 Å². The summed E-state index contributed by atoms with van der Waals surface area (Å²) < 4.78 is 16.3. The van der Waals surface area contributed by atoms with Crippen LogP contribution in [0.25, 0.3) is 0 Å². The third kappa shape index (κ3) is 5.84. The molecule has 0 unspecified atom stereocenters. The highest BCUT2D eigenvalue weighted by Gasteiger charge is 2.20. The second-order valence-electron chi connectivity index (χ2n) is 8.01. The number of nitrogens with one attached hydrogen (secondary N) is 2. The van der Waals surface area contributed by atoms with E-state index in [9.17, 15) is 0 Å². The van der Waals surface area contributed by atoms with Gasteiger partial charge >= 0.3 is 0 Å². The Balaban J connectivity index is 1.36. The summed E-state index contributed by atoms with van der Waals surface area (Å²) in [6, 6.07) is 16.6. The third-order valence-corrected chi connectivity index (χ3v) is 5.79. The molecule has 1 fully saturated rings. The molecule has 0 bridgehead atoms. The monoisotopic (exact) mass is 449 g/mol. The second kappa shape index (κ2) is 10.9. The molecule has 1 aromatic heterocycles. The predicted molar refractivity (Wildman–Crippen MR) is 130 cm³/mol. The zero-order valence-corrected chi connectivity index (χ0v) is 19.4. The van der Waals surface area contributed by atoms with Crippen molar-refractivity contribution in [2.45, 2.75) is 25.4 Å². The Hall–Kier alpha value is -3.52. The molecule has 2 N–H and O–H groups in total. The van der Waals surface area contributed by atoms with E-state index in [1.807, 2.05) is 18.2 Å². The van der Waals surface area contributed by atoms with Crippen molar-refractivity contribution in [2.75, 3.05) is 45.1 Å². The van der Waals surface area contributed by atoms with E-state index < -0.39 is 0 Å². The predicted octanol–water partition coefficient (Wildman–Crippen LogP) is 4.32. The first-order chi connectivity index (χ1) is 16.2. The normalized spacial score (nSPS) is 14.5. The first-order valence-corrected chi connectivity index (χ1v) is 11.1. The van der Waals surface area contributed by atoms with Crippen molar-refractivity contribution >= 4 is 17.3 Å². The fourth-order valence-electron chi connectivity index (χ4n) is 4.09. The van der Waals surface area contributed by atoms with Crippen LogP contribution in [0.1, 0.15) is 18.4 Å². The molecule has 1 aliphatic rings. The minimum Gasteiger partial charge on any atom is -0.493 e. The second-order valence-corrected chi connectivity index (χ2v) is 8.01. The summed E-state index contributed by atoms with van der Waals surface area (Å²) in [6.45, 7) is 3.13. The Kier molecular flexibility index (Phi) is 7.47. The number of hydrogen-bond donors (Lipinski definition) is 2. The number of hydrogen-bond acceptors (Lipinski definition) is 8. The van der Waals surface area contributed by atoms with Gasteiger partial charge < -0.3 is 24.8 Å². The van der Waals surface area contributed by atoms with E-state index in [2.05, 4.69) is 55.8 Å². The highest BCUT2D eigenvalue weighted by Crippen LogP contribution is 2.40. The molecular weight excluding hydrogens is 418 g/mol. The minimum absolute atomic E-state index is 0.390. The van der Waals surface area contributed by atoms with Gasteiger partial charge in [-0.3, -0.25) is 4.90 Å². The van der Waals surface area contributed by atoms with E-state index in [-0.39, 0.29) is 0 Å². The molecule has 0 saturated carbocycles. The largest absolute Gasteiger partial charge is 0.493 e. The molecule has 4 rings (SSSR count). The minimum atomic E-state index is 0.390. The van der Waals surface area contributed by atoms with Gasteiger partial charge in [0, 0.05) is 49.6 Å². The van der Waals surface area contributed by atoms with Gasteiger partial charge in [-0.2, -0.15) is 0 Å². The van der Waals surface area contributed by atoms with Crippen molar-refractivity contribution in [3.8, 4) is 17.2 Å². The van der Waals surface area contributed by atoms with Crippen LogP contribution in [-0.4, -0.2) is 55.3 Å². The van der Waals surface area contributed by atoms with Gasteiger partial charge in [0.15, 0.2) is 11.5 Å². The van der Waals surface area contributed by atoms with Gasteiger partial charge in [-0.25, -0.2) is 9.97 Å². The molecule has 8 heteroatoms. The lowest BCUT2D eigenvalue weighted by molar-refractivity contribution is 0.211. The van der Waals surface area contributed by atoms with Gasteiger partial charge in [0.05, 0.1) is 21.3 Å². The molecule has 0 spiro atoms. The van der Waals surface area contributed by atoms with Crippen LogP contribution < -0.4 is 24.8 Å². The summed E-state index contributed by atoms with van der Waals surface area (Å²) in [6.07, 6.45) is 3.71. The van der Waals surface area contributed by atoms with E-state index >= 15 is 0 Å². The van der Waals surface area contributed by atoms with Gasteiger partial charge in [0.25, 0.3) is 0 Å². The Morgan fingerprint density at radius 2 is 1.55 bits per heavy atom. The van der Waals surface area contributed by atoms with Crippen molar-refractivity contribution in [1.82, 2.24) is 14.9 Å². The first kappa shape index (κ1) is 22.7. The topological polar surface area (TPSA) is 80.8 Å². The van der Waals surface area contributed by atoms with Gasteiger partial charge in [0.1, 0.15) is 18.0 Å². The lowest BCUT2D eigenvalue weighted by atomic mass is 10.0. The Bertz CT molecular complexity index is 1010. The van der Waals surface area contributed by atoms with Crippen molar-refractivity contribution in [2.24, 2.45) is 0 Å². The Morgan fingerprint density at radius 3 is 2.18 bits per heavy atom. The maximum absolute atomic E-state index is 5.43. The molecular formula is C25H31N5O3. The van der Waals surface area contributed by atoms with E-state index in [0.29, 0.717) is 29.1 Å². The van der Waals surface area contributed by atoms with Crippen LogP contribution in [0.5, 0.6) is 17.2 Å². The molecule has 8 nitrogen and oxygen atoms in total. The highest BCUT2D eigenvalue weighted by atomic mass is 16.5. The van der Waals surface area contributed by atoms with Crippen molar-refractivity contribution in [3.63, 3.8) is 0 Å². The number of ether oxygens (including phenoxy) is 3. The zero-order chi connectivity index (χ0) is 23.0. The van der Waals surface area contributed by atoms with Crippen molar-refractivity contribution in [1.29, 1.82) is 0 Å². The van der Waals surface area contributed by atoms with Gasteiger partial charge in [-0.15, -0.1) is 0 Å². The maximum atomic E-state index is 5.43. The van der Waals surface area contributed by atoms with E-state index in [0.717, 1.165) is 44.0 Å².